The predicted molar refractivity (Wildman–Crippen MR) is 114 cm³/mol. The lowest BCUT2D eigenvalue weighted by molar-refractivity contribution is 0.416. The number of rotatable bonds is 7. The van der Waals surface area contributed by atoms with Gasteiger partial charge < -0.3 is 15.5 Å². The Morgan fingerprint density at radius 1 is 1.19 bits per heavy atom. The highest BCUT2D eigenvalue weighted by Crippen LogP contribution is 2.40. The Morgan fingerprint density at radius 3 is 2.69 bits per heavy atom. The van der Waals surface area contributed by atoms with E-state index in [0.717, 1.165) is 52.4 Å². The second-order valence-electron chi connectivity index (χ2n) is 6.44. The van der Waals surface area contributed by atoms with Crippen LogP contribution in [0.3, 0.4) is 0 Å². The summed E-state index contributed by atoms with van der Waals surface area (Å²) in [4.78, 5) is 4.86. The molecule has 0 aliphatic carbocycles. The maximum absolute atomic E-state index is 6.36. The first-order chi connectivity index (χ1) is 12.6. The third-order valence-corrected chi connectivity index (χ3v) is 5.68. The number of benzene rings is 2. The molecule has 0 fully saturated rings. The van der Waals surface area contributed by atoms with Crippen LogP contribution in [0.15, 0.2) is 35.2 Å². The van der Waals surface area contributed by atoms with Crippen LogP contribution >= 0.6 is 23.4 Å². The van der Waals surface area contributed by atoms with E-state index in [-0.39, 0.29) is 0 Å². The van der Waals surface area contributed by atoms with Crippen molar-refractivity contribution >= 4 is 34.3 Å². The number of halogens is 1. The summed E-state index contributed by atoms with van der Waals surface area (Å²) >= 11 is 8.09. The molecule has 3 nitrogen and oxygen atoms in total. The minimum atomic E-state index is 0.711. The Morgan fingerprint density at radius 2 is 2.00 bits per heavy atom. The molecule has 0 amide bonds. The van der Waals surface area contributed by atoms with E-state index in [4.69, 9.17) is 22.1 Å². The number of fused-ring (bicyclic) bond motifs is 1. The zero-order valence-corrected chi connectivity index (χ0v) is 17.1. The molecule has 3 N–H and O–H groups in total. The van der Waals surface area contributed by atoms with Crippen molar-refractivity contribution in [1.82, 2.24) is 4.98 Å². The highest BCUT2D eigenvalue weighted by atomic mass is 35.5. The number of nitrogens with one attached hydrogen (secondary N) is 1. The minimum absolute atomic E-state index is 0.711. The minimum Gasteiger partial charge on any atom is -0.496 e. The smallest absolute Gasteiger partial charge is 0.128 e. The molecule has 0 unspecified atom stereocenters. The van der Waals surface area contributed by atoms with Crippen molar-refractivity contribution in [2.24, 2.45) is 5.73 Å². The highest BCUT2D eigenvalue weighted by molar-refractivity contribution is 7.98. The van der Waals surface area contributed by atoms with Crippen LogP contribution in [0, 0.1) is 6.92 Å². The van der Waals surface area contributed by atoms with Crippen molar-refractivity contribution < 1.29 is 4.74 Å². The topological polar surface area (TPSA) is 51.0 Å². The molecule has 0 saturated carbocycles. The molecule has 0 spiro atoms. The lowest BCUT2D eigenvalue weighted by atomic mass is 9.99. The molecular weight excluding hydrogens is 364 g/mol. The lowest BCUT2D eigenvalue weighted by Crippen LogP contribution is -1.99. The fraction of sp³-hybridized carbons (Fsp3) is 0.333. The fourth-order valence-electron chi connectivity index (χ4n) is 3.43. The van der Waals surface area contributed by atoms with Crippen LogP contribution in [0.2, 0.25) is 5.02 Å². The van der Waals surface area contributed by atoms with Crippen LogP contribution < -0.4 is 10.5 Å². The third-order valence-electron chi connectivity index (χ3n) is 4.73. The number of unbranched alkanes of at least 4 members (excludes halogenated alkanes) is 1. The predicted octanol–water partition coefficient (Wildman–Crippen LogP) is 5.81. The van der Waals surface area contributed by atoms with Gasteiger partial charge in [-0.2, -0.15) is 0 Å². The summed E-state index contributed by atoms with van der Waals surface area (Å²) in [5.41, 5.74) is 11.5. The normalized spacial score (nSPS) is 11.3. The van der Waals surface area contributed by atoms with Crippen molar-refractivity contribution in [3.05, 3.63) is 46.5 Å². The molecular formula is C21H25ClN2OS. The Kier molecular flexibility index (Phi) is 6.17. The first kappa shape index (κ1) is 19.2. The van der Waals surface area contributed by atoms with Gasteiger partial charge in [0.05, 0.1) is 12.8 Å². The molecule has 0 aliphatic heterocycles. The Bertz CT molecular complexity index is 920. The SMILES string of the molecule is COc1ccc(SC)cc1-c1[nH]c2c(C)cc(Cl)cc2c1CCCCN. The van der Waals surface area contributed by atoms with Gasteiger partial charge in [0, 0.05) is 26.4 Å². The molecule has 0 aliphatic rings. The first-order valence-corrected chi connectivity index (χ1v) is 10.4. The van der Waals surface area contributed by atoms with Gasteiger partial charge in [0.25, 0.3) is 0 Å². The second kappa shape index (κ2) is 8.38. The molecule has 0 saturated heterocycles. The highest BCUT2D eigenvalue weighted by Gasteiger charge is 2.18. The van der Waals surface area contributed by atoms with Crippen LogP contribution in [0.1, 0.15) is 24.0 Å². The number of aryl methyl sites for hydroxylation is 2. The van der Waals surface area contributed by atoms with E-state index in [0.29, 0.717) is 6.54 Å². The maximum Gasteiger partial charge on any atom is 0.128 e. The number of H-pyrrole nitrogens is 1. The number of hydrogen-bond acceptors (Lipinski definition) is 3. The summed E-state index contributed by atoms with van der Waals surface area (Å²) < 4.78 is 5.65. The average Bonchev–Trinajstić information content (AvgIpc) is 3.00. The van der Waals surface area contributed by atoms with Crippen LogP contribution in [0.4, 0.5) is 0 Å². The molecule has 3 rings (SSSR count). The molecule has 138 valence electrons. The zero-order valence-electron chi connectivity index (χ0n) is 15.5. The van der Waals surface area contributed by atoms with Crippen LogP contribution in [0.25, 0.3) is 22.2 Å². The first-order valence-electron chi connectivity index (χ1n) is 8.82. The van der Waals surface area contributed by atoms with E-state index in [9.17, 15) is 0 Å². The summed E-state index contributed by atoms with van der Waals surface area (Å²) in [5.74, 6) is 0.873. The van der Waals surface area contributed by atoms with E-state index in [1.165, 1.54) is 15.8 Å². The average molecular weight is 389 g/mol. The number of aromatic nitrogens is 1. The Labute approximate surface area is 164 Å². The standard InChI is InChI=1S/C21H25ClN2OS/c1-13-10-14(22)11-17-16(6-4-5-9-23)21(24-20(13)17)18-12-15(26-3)7-8-19(18)25-2/h7-8,10-12,24H,4-6,9,23H2,1-3H3. The van der Waals surface area contributed by atoms with Gasteiger partial charge in [-0.25, -0.2) is 0 Å². The van der Waals surface area contributed by atoms with Gasteiger partial charge in [-0.05, 0) is 80.4 Å². The molecule has 0 atom stereocenters. The number of aromatic amines is 1. The molecule has 1 aromatic heterocycles. The quantitative estimate of drug-likeness (QED) is 0.396. The van der Waals surface area contributed by atoms with Crippen LogP contribution in [-0.2, 0) is 6.42 Å². The van der Waals surface area contributed by atoms with Crippen molar-refractivity contribution in [2.45, 2.75) is 31.1 Å². The molecule has 26 heavy (non-hydrogen) atoms. The fourth-order valence-corrected chi connectivity index (χ4v) is 4.14. The van der Waals surface area contributed by atoms with E-state index >= 15 is 0 Å². The van der Waals surface area contributed by atoms with E-state index in [1.807, 2.05) is 12.1 Å². The number of hydrogen-bond donors (Lipinski definition) is 2. The zero-order chi connectivity index (χ0) is 18.7. The van der Waals surface area contributed by atoms with Gasteiger partial charge in [0.1, 0.15) is 5.75 Å². The van der Waals surface area contributed by atoms with Crippen molar-refractivity contribution in [3.63, 3.8) is 0 Å². The van der Waals surface area contributed by atoms with Crippen molar-refractivity contribution in [2.75, 3.05) is 19.9 Å². The van der Waals surface area contributed by atoms with Crippen LogP contribution in [0.5, 0.6) is 5.75 Å². The van der Waals surface area contributed by atoms with Gasteiger partial charge >= 0.3 is 0 Å². The van der Waals surface area contributed by atoms with E-state index in [2.05, 4.69) is 36.4 Å². The number of methoxy groups -OCH3 is 1. The molecule has 5 heteroatoms. The Hall–Kier alpha value is -1.62. The number of ether oxygens (including phenoxy) is 1. The van der Waals surface area contributed by atoms with Gasteiger partial charge in [0.15, 0.2) is 0 Å². The van der Waals surface area contributed by atoms with E-state index in [1.54, 1.807) is 18.9 Å². The van der Waals surface area contributed by atoms with Crippen molar-refractivity contribution in [3.8, 4) is 17.0 Å². The summed E-state index contributed by atoms with van der Waals surface area (Å²) in [6, 6.07) is 10.4. The lowest BCUT2D eigenvalue weighted by Gasteiger charge is -2.11. The van der Waals surface area contributed by atoms with Crippen LogP contribution in [-0.4, -0.2) is 24.9 Å². The van der Waals surface area contributed by atoms with Gasteiger partial charge in [-0.1, -0.05) is 11.6 Å². The summed E-state index contributed by atoms with van der Waals surface area (Å²) in [7, 11) is 1.72. The Balaban J connectivity index is 2.24. The number of nitrogens with two attached hydrogens (primary N) is 1. The monoisotopic (exact) mass is 388 g/mol. The molecule has 3 aromatic rings. The maximum atomic E-state index is 6.36. The molecule has 2 aromatic carbocycles. The third kappa shape index (κ3) is 3.73. The molecule has 0 bridgehead atoms. The molecule has 0 radical (unpaired) electrons. The number of thioether (sulfide) groups is 1. The largest absolute Gasteiger partial charge is 0.496 e. The van der Waals surface area contributed by atoms with Gasteiger partial charge in [0.2, 0.25) is 0 Å². The van der Waals surface area contributed by atoms with Crippen molar-refractivity contribution in [1.29, 1.82) is 0 Å². The second-order valence-corrected chi connectivity index (χ2v) is 7.75. The summed E-state index contributed by atoms with van der Waals surface area (Å²) in [5, 5.41) is 1.96. The summed E-state index contributed by atoms with van der Waals surface area (Å²) in [6.45, 7) is 2.80. The van der Waals surface area contributed by atoms with Gasteiger partial charge in [-0.15, -0.1) is 11.8 Å². The van der Waals surface area contributed by atoms with E-state index < -0.39 is 0 Å². The van der Waals surface area contributed by atoms with Gasteiger partial charge in [-0.3, -0.25) is 0 Å². The summed E-state index contributed by atoms with van der Waals surface area (Å²) in [6.07, 6.45) is 5.10. The molecule has 1 heterocycles.